The summed E-state index contributed by atoms with van der Waals surface area (Å²) in [6.45, 7) is 5.27. The Morgan fingerprint density at radius 1 is 1.20 bits per heavy atom. The Labute approximate surface area is 208 Å². The van der Waals surface area contributed by atoms with Gasteiger partial charge in [-0.2, -0.15) is 5.10 Å². The van der Waals surface area contributed by atoms with Gasteiger partial charge in [-0.25, -0.2) is 9.97 Å². The number of hydrogen-bond acceptors (Lipinski definition) is 8. The lowest BCUT2D eigenvalue weighted by atomic mass is 9.89. The quantitative estimate of drug-likeness (QED) is 0.414. The van der Waals surface area contributed by atoms with E-state index in [4.69, 9.17) is 9.97 Å². The third kappa shape index (κ3) is 4.95. The summed E-state index contributed by atoms with van der Waals surface area (Å²) in [5, 5.41) is 25.1. The van der Waals surface area contributed by atoms with Gasteiger partial charge in [0.25, 0.3) is 0 Å². The number of thioether (sulfide) groups is 1. The second kappa shape index (κ2) is 8.67. The molecule has 2 aromatic heterocycles. The lowest BCUT2D eigenvalue weighted by Crippen LogP contribution is -2.63. The molecule has 3 heterocycles. The van der Waals surface area contributed by atoms with Crippen LogP contribution in [-0.2, 0) is 4.79 Å². The van der Waals surface area contributed by atoms with E-state index in [0.29, 0.717) is 35.8 Å². The maximum atomic E-state index is 12.2. The minimum absolute atomic E-state index is 0.0148. The standard InChI is InChI=1S/C25H31N7O2S/c1-14-9-18(7-8-19(14)26-23(33)16-3-4-16)35-24-28-20(27-21-10-15(2)30-31-21)11-22(29-24)32-12-25(34,13-32)17-5-6-17/h7-11,14,16-17,19,34H,3-6,12-13H2,1-2H3,(H,26,33)(H2,27,28,29,30,31). The lowest BCUT2D eigenvalue weighted by Gasteiger charge is -2.47. The first-order valence-electron chi connectivity index (χ1n) is 12.4. The summed E-state index contributed by atoms with van der Waals surface area (Å²) in [6.07, 6.45) is 10.5. The zero-order valence-corrected chi connectivity index (χ0v) is 20.8. The first kappa shape index (κ1) is 22.6. The number of aromatic amines is 1. The highest BCUT2D eigenvalue weighted by atomic mass is 32.2. The van der Waals surface area contributed by atoms with E-state index in [1.54, 1.807) is 0 Å². The number of H-pyrrole nitrogens is 1. The zero-order valence-electron chi connectivity index (χ0n) is 20.0. The van der Waals surface area contributed by atoms with E-state index < -0.39 is 5.60 Å². The molecule has 2 atom stereocenters. The van der Waals surface area contributed by atoms with Crippen LogP contribution >= 0.6 is 11.8 Å². The van der Waals surface area contributed by atoms with Crippen LogP contribution in [0.2, 0.25) is 0 Å². The van der Waals surface area contributed by atoms with Gasteiger partial charge in [0.05, 0.1) is 19.1 Å². The zero-order chi connectivity index (χ0) is 24.2. The number of allylic oxidation sites excluding steroid dienone is 1. The Hall–Kier alpha value is -2.85. The van der Waals surface area contributed by atoms with E-state index in [-0.39, 0.29) is 23.8 Å². The maximum Gasteiger partial charge on any atom is 0.223 e. The van der Waals surface area contributed by atoms with E-state index in [0.717, 1.165) is 42.1 Å². The molecule has 0 aromatic carbocycles. The summed E-state index contributed by atoms with van der Waals surface area (Å²) in [5.41, 5.74) is 0.373. The molecular weight excluding hydrogens is 462 g/mol. The Morgan fingerprint density at radius 2 is 2.00 bits per heavy atom. The number of carbonyl (C=O) groups excluding carboxylic acids is 1. The van der Waals surface area contributed by atoms with Gasteiger partial charge in [0.2, 0.25) is 5.91 Å². The van der Waals surface area contributed by atoms with Crippen molar-refractivity contribution in [3.63, 3.8) is 0 Å². The highest BCUT2D eigenvalue weighted by Gasteiger charge is 2.52. The summed E-state index contributed by atoms with van der Waals surface area (Å²) < 4.78 is 0. The monoisotopic (exact) mass is 493 g/mol. The van der Waals surface area contributed by atoms with Crippen LogP contribution in [0.25, 0.3) is 0 Å². The number of carbonyl (C=O) groups is 1. The van der Waals surface area contributed by atoms with Crippen molar-refractivity contribution >= 4 is 35.1 Å². The van der Waals surface area contributed by atoms with Gasteiger partial charge in [0.15, 0.2) is 11.0 Å². The van der Waals surface area contributed by atoms with Crippen LogP contribution in [-0.4, -0.2) is 55.9 Å². The summed E-state index contributed by atoms with van der Waals surface area (Å²) in [4.78, 5) is 24.9. The van der Waals surface area contributed by atoms with Gasteiger partial charge >= 0.3 is 0 Å². The molecule has 10 heteroatoms. The molecule has 184 valence electrons. The summed E-state index contributed by atoms with van der Waals surface area (Å²) in [6, 6.07) is 3.85. The fraction of sp³-hybridized carbons (Fsp3) is 0.520. The van der Waals surface area contributed by atoms with E-state index in [9.17, 15) is 9.90 Å². The molecule has 0 bridgehead atoms. The largest absolute Gasteiger partial charge is 0.386 e. The Balaban J connectivity index is 1.19. The molecule has 35 heavy (non-hydrogen) atoms. The van der Waals surface area contributed by atoms with Gasteiger partial charge in [0, 0.05) is 28.6 Å². The first-order chi connectivity index (χ1) is 16.8. The van der Waals surface area contributed by atoms with Crippen LogP contribution in [0.15, 0.2) is 40.4 Å². The summed E-state index contributed by atoms with van der Waals surface area (Å²) in [7, 11) is 0. The number of amides is 1. The van der Waals surface area contributed by atoms with Crippen LogP contribution in [0.4, 0.5) is 17.5 Å². The van der Waals surface area contributed by atoms with E-state index in [1.165, 1.54) is 11.8 Å². The molecule has 1 saturated heterocycles. The number of aromatic nitrogens is 4. The highest BCUT2D eigenvalue weighted by Crippen LogP contribution is 2.46. The van der Waals surface area contributed by atoms with Crippen molar-refractivity contribution < 1.29 is 9.90 Å². The third-order valence-corrected chi connectivity index (χ3v) is 8.05. The molecule has 4 N–H and O–H groups in total. The molecular formula is C25H31N7O2S. The van der Waals surface area contributed by atoms with Crippen molar-refractivity contribution in [2.75, 3.05) is 23.3 Å². The van der Waals surface area contributed by atoms with Crippen molar-refractivity contribution in [1.82, 2.24) is 25.5 Å². The molecule has 4 aliphatic rings. The van der Waals surface area contributed by atoms with Gasteiger partial charge in [-0.05, 0) is 44.4 Å². The molecule has 9 nitrogen and oxygen atoms in total. The predicted octanol–water partition coefficient (Wildman–Crippen LogP) is 3.29. The molecule has 0 radical (unpaired) electrons. The van der Waals surface area contributed by atoms with Crippen LogP contribution in [0.1, 0.15) is 38.3 Å². The lowest BCUT2D eigenvalue weighted by molar-refractivity contribution is -0.122. The van der Waals surface area contributed by atoms with Gasteiger partial charge in [-0.1, -0.05) is 36.9 Å². The highest BCUT2D eigenvalue weighted by molar-refractivity contribution is 8.03. The number of anilines is 3. The molecule has 3 fully saturated rings. The Bertz CT molecular complexity index is 1190. The second-order valence-electron chi connectivity index (χ2n) is 10.4. The van der Waals surface area contributed by atoms with Crippen LogP contribution < -0.4 is 15.5 Å². The molecule has 0 spiro atoms. The Kier molecular flexibility index (Phi) is 5.60. The topological polar surface area (TPSA) is 119 Å². The molecule has 2 aromatic rings. The molecule has 2 saturated carbocycles. The molecule has 1 amide bonds. The average Bonchev–Trinajstić information content (AvgIpc) is 3.71. The summed E-state index contributed by atoms with van der Waals surface area (Å²) >= 11 is 1.50. The van der Waals surface area contributed by atoms with Gasteiger partial charge in [0.1, 0.15) is 17.2 Å². The van der Waals surface area contributed by atoms with Crippen LogP contribution in [0.3, 0.4) is 0 Å². The fourth-order valence-corrected chi connectivity index (χ4v) is 5.65. The number of β-amino-alcohol motifs (C(OH)–C–C–N with tert-alkyl or cyclic N) is 1. The maximum absolute atomic E-state index is 12.2. The minimum atomic E-state index is -0.588. The number of aryl methyl sites for hydroxylation is 1. The van der Waals surface area contributed by atoms with Crippen molar-refractivity contribution in [2.45, 2.75) is 56.3 Å². The van der Waals surface area contributed by atoms with Gasteiger partial charge in [-0.15, -0.1) is 0 Å². The van der Waals surface area contributed by atoms with E-state index >= 15 is 0 Å². The van der Waals surface area contributed by atoms with Crippen molar-refractivity contribution in [2.24, 2.45) is 17.8 Å². The number of hydrogen-bond donors (Lipinski definition) is 4. The van der Waals surface area contributed by atoms with Crippen LogP contribution in [0, 0.1) is 24.7 Å². The first-order valence-corrected chi connectivity index (χ1v) is 13.2. The smallest absolute Gasteiger partial charge is 0.223 e. The predicted molar refractivity (Wildman–Crippen MR) is 135 cm³/mol. The molecule has 2 unspecified atom stereocenters. The molecule has 1 aliphatic heterocycles. The fourth-order valence-electron chi connectivity index (χ4n) is 4.73. The third-order valence-electron chi connectivity index (χ3n) is 7.17. The molecule has 6 rings (SSSR count). The van der Waals surface area contributed by atoms with Crippen molar-refractivity contribution in [1.29, 1.82) is 0 Å². The van der Waals surface area contributed by atoms with Gasteiger partial charge in [-0.3, -0.25) is 9.89 Å². The van der Waals surface area contributed by atoms with E-state index in [1.807, 2.05) is 25.1 Å². The normalized spacial score (nSPS) is 25.1. The SMILES string of the molecule is Cc1cc(Nc2cc(N3CC(O)(C4CC4)C3)nc(SC3=CC(C)C(NC(=O)C4CC4)C=C3)n2)n[nH]1. The van der Waals surface area contributed by atoms with Gasteiger partial charge < -0.3 is 20.6 Å². The number of rotatable bonds is 8. The average molecular weight is 494 g/mol. The molecule has 3 aliphatic carbocycles. The van der Waals surface area contributed by atoms with Crippen molar-refractivity contribution in [3.05, 3.63) is 41.0 Å². The number of nitrogens with one attached hydrogen (secondary N) is 3. The summed E-state index contributed by atoms with van der Waals surface area (Å²) in [5.74, 6) is 3.13. The van der Waals surface area contributed by atoms with Crippen LogP contribution in [0.5, 0.6) is 0 Å². The number of aliphatic hydroxyl groups is 1. The second-order valence-corrected chi connectivity index (χ2v) is 11.4. The Morgan fingerprint density at radius 3 is 2.66 bits per heavy atom. The minimum Gasteiger partial charge on any atom is -0.386 e. The van der Waals surface area contributed by atoms with E-state index in [2.05, 4.69) is 44.8 Å². The number of nitrogens with zero attached hydrogens (tertiary/aromatic N) is 4. The van der Waals surface area contributed by atoms with Crippen molar-refractivity contribution in [3.8, 4) is 0 Å².